The van der Waals surface area contributed by atoms with E-state index in [1.165, 1.54) is 0 Å². The second-order valence-electron chi connectivity index (χ2n) is 4.59. The number of ether oxygens (including phenoxy) is 1. The van der Waals surface area contributed by atoms with Crippen LogP contribution in [0.5, 0.6) is 0 Å². The Morgan fingerprint density at radius 3 is 3.00 bits per heavy atom. The van der Waals surface area contributed by atoms with Gasteiger partial charge in [0, 0.05) is 19.4 Å². The van der Waals surface area contributed by atoms with Crippen LogP contribution in [0.1, 0.15) is 43.5 Å². The number of hydrogen-bond donors (Lipinski definition) is 0. The van der Waals surface area contributed by atoms with Crippen LogP contribution in [0.4, 0.5) is 0 Å². The Morgan fingerprint density at radius 1 is 1.47 bits per heavy atom. The van der Waals surface area contributed by atoms with Gasteiger partial charge in [0.25, 0.3) is 5.89 Å². The van der Waals surface area contributed by atoms with Crippen LogP contribution < -0.4 is 0 Å². The quantitative estimate of drug-likeness (QED) is 0.763. The number of rotatable bonds is 2. The molecule has 1 aromatic heterocycles. The summed E-state index contributed by atoms with van der Waals surface area (Å²) >= 11 is 0. The van der Waals surface area contributed by atoms with Crippen LogP contribution >= 0.6 is 0 Å². The van der Waals surface area contributed by atoms with E-state index in [4.69, 9.17) is 9.26 Å². The highest BCUT2D eigenvalue weighted by Gasteiger charge is 2.32. The lowest BCUT2D eigenvalue weighted by atomic mass is 10.2. The molecule has 1 saturated carbocycles. The maximum absolute atomic E-state index is 11.3. The molecule has 1 unspecified atom stereocenters. The highest BCUT2D eigenvalue weighted by Crippen LogP contribution is 2.38. The number of hydrogen-bond acceptors (Lipinski definition) is 5. The third-order valence-electron chi connectivity index (χ3n) is 3.19. The standard InChI is InChI=1S/C11H15N3O3/c1-7(15)14-4-5-16-9(6-14)11-12-10(13-17-11)8-2-3-8/h8-9H,2-6H2,1H3. The van der Waals surface area contributed by atoms with Gasteiger partial charge in [0.05, 0.1) is 13.2 Å². The summed E-state index contributed by atoms with van der Waals surface area (Å²) < 4.78 is 10.8. The van der Waals surface area contributed by atoms with E-state index in [1.54, 1.807) is 11.8 Å². The monoisotopic (exact) mass is 237 g/mol. The van der Waals surface area contributed by atoms with Gasteiger partial charge in [-0.05, 0) is 12.8 Å². The lowest BCUT2D eigenvalue weighted by molar-refractivity contribution is -0.137. The Hall–Kier alpha value is -1.43. The molecule has 6 nitrogen and oxygen atoms in total. The number of carbonyl (C=O) groups is 1. The van der Waals surface area contributed by atoms with Gasteiger partial charge in [0.15, 0.2) is 11.9 Å². The van der Waals surface area contributed by atoms with E-state index in [-0.39, 0.29) is 12.0 Å². The lowest BCUT2D eigenvalue weighted by Gasteiger charge is -2.30. The Morgan fingerprint density at radius 2 is 2.29 bits per heavy atom. The molecule has 6 heteroatoms. The summed E-state index contributed by atoms with van der Waals surface area (Å²) in [5.74, 6) is 1.81. The maximum Gasteiger partial charge on any atom is 0.257 e. The molecule has 2 heterocycles. The van der Waals surface area contributed by atoms with Gasteiger partial charge in [0.1, 0.15) is 0 Å². The van der Waals surface area contributed by atoms with Gasteiger partial charge < -0.3 is 14.2 Å². The van der Waals surface area contributed by atoms with Crippen molar-refractivity contribution in [2.75, 3.05) is 19.7 Å². The smallest absolute Gasteiger partial charge is 0.257 e. The first-order chi connectivity index (χ1) is 8.24. The first kappa shape index (κ1) is 10.7. The van der Waals surface area contributed by atoms with Gasteiger partial charge in [-0.1, -0.05) is 5.16 Å². The van der Waals surface area contributed by atoms with Crippen molar-refractivity contribution in [3.05, 3.63) is 11.7 Å². The largest absolute Gasteiger partial charge is 0.365 e. The minimum Gasteiger partial charge on any atom is -0.365 e. The van der Waals surface area contributed by atoms with Gasteiger partial charge in [-0.3, -0.25) is 4.79 Å². The summed E-state index contributed by atoms with van der Waals surface area (Å²) in [6, 6.07) is 0. The van der Waals surface area contributed by atoms with Crippen molar-refractivity contribution in [2.24, 2.45) is 0 Å². The van der Waals surface area contributed by atoms with Crippen molar-refractivity contribution in [3.63, 3.8) is 0 Å². The number of amides is 1. The van der Waals surface area contributed by atoms with Crippen LogP contribution in [0.2, 0.25) is 0 Å². The van der Waals surface area contributed by atoms with Gasteiger partial charge in [-0.25, -0.2) is 0 Å². The van der Waals surface area contributed by atoms with Crippen molar-refractivity contribution in [2.45, 2.75) is 31.8 Å². The molecule has 0 radical (unpaired) electrons. The van der Waals surface area contributed by atoms with E-state index >= 15 is 0 Å². The molecular weight excluding hydrogens is 222 g/mol. The third kappa shape index (κ3) is 2.17. The molecule has 1 amide bonds. The summed E-state index contributed by atoms with van der Waals surface area (Å²) in [5.41, 5.74) is 0. The molecule has 2 fully saturated rings. The average Bonchev–Trinajstić information content (AvgIpc) is 3.07. The van der Waals surface area contributed by atoms with Crippen LogP contribution in [0.15, 0.2) is 4.52 Å². The van der Waals surface area contributed by atoms with Crippen LogP contribution in [0.25, 0.3) is 0 Å². The van der Waals surface area contributed by atoms with Crippen molar-refractivity contribution in [3.8, 4) is 0 Å². The van der Waals surface area contributed by atoms with Gasteiger partial charge in [-0.2, -0.15) is 4.98 Å². The first-order valence-corrected chi connectivity index (χ1v) is 5.94. The fourth-order valence-corrected chi connectivity index (χ4v) is 1.97. The highest BCUT2D eigenvalue weighted by molar-refractivity contribution is 5.73. The van der Waals surface area contributed by atoms with Crippen LogP contribution in [0, 0.1) is 0 Å². The molecular formula is C11H15N3O3. The van der Waals surface area contributed by atoms with Crippen molar-refractivity contribution < 1.29 is 14.1 Å². The van der Waals surface area contributed by atoms with Gasteiger partial charge >= 0.3 is 0 Å². The Kier molecular flexibility index (Phi) is 2.58. The fraction of sp³-hybridized carbons (Fsp3) is 0.727. The number of nitrogens with zero attached hydrogens (tertiary/aromatic N) is 3. The van der Waals surface area contributed by atoms with E-state index in [9.17, 15) is 4.79 Å². The van der Waals surface area contributed by atoms with Gasteiger partial charge in [-0.15, -0.1) is 0 Å². The second-order valence-corrected chi connectivity index (χ2v) is 4.59. The molecule has 3 rings (SSSR count). The number of aromatic nitrogens is 2. The van der Waals surface area contributed by atoms with Crippen LogP contribution in [-0.2, 0) is 9.53 Å². The fourth-order valence-electron chi connectivity index (χ4n) is 1.97. The summed E-state index contributed by atoms with van der Waals surface area (Å²) in [6.45, 7) is 3.22. The normalized spacial score (nSPS) is 25.0. The zero-order chi connectivity index (χ0) is 11.8. The summed E-state index contributed by atoms with van der Waals surface area (Å²) in [5, 5.41) is 3.95. The number of morpholine rings is 1. The van der Waals surface area contributed by atoms with Crippen LogP contribution in [0.3, 0.4) is 0 Å². The SMILES string of the molecule is CC(=O)N1CCOC(c2nc(C3CC3)no2)C1. The Bertz CT molecular complexity index is 427. The van der Waals surface area contributed by atoms with Crippen LogP contribution in [-0.4, -0.2) is 40.6 Å². The third-order valence-corrected chi connectivity index (χ3v) is 3.19. The zero-order valence-corrected chi connectivity index (χ0v) is 9.76. The zero-order valence-electron chi connectivity index (χ0n) is 9.76. The van der Waals surface area contributed by atoms with Crippen molar-refractivity contribution in [1.29, 1.82) is 0 Å². The molecule has 1 atom stereocenters. The lowest BCUT2D eigenvalue weighted by Crippen LogP contribution is -2.41. The van der Waals surface area contributed by atoms with Gasteiger partial charge in [0.2, 0.25) is 5.91 Å². The minimum atomic E-state index is -0.271. The van der Waals surface area contributed by atoms with E-state index in [0.29, 0.717) is 31.5 Å². The van der Waals surface area contributed by atoms with Crippen molar-refractivity contribution >= 4 is 5.91 Å². The summed E-state index contributed by atoms with van der Waals surface area (Å²) in [4.78, 5) is 17.4. The molecule has 92 valence electrons. The molecule has 2 aliphatic rings. The Balaban J connectivity index is 1.71. The Labute approximate surface area is 98.9 Å². The number of carbonyl (C=O) groups excluding carboxylic acids is 1. The van der Waals surface area contributed by atoms with E-state index in [0.717, 1.165) is 18.7 Å². The molecule has 0 N–H and O–H groups in total. The topological polar surface area (TPSA) is 68.5 Å². The second kappa shape index (κ2) is 4.10. The van der Waals surface area contributed by atoms with E-state index in [2.05, 4.69) is 10.1 Å². The highest BCUT2D eigenvalue weighted by atomic mass is 16.5. The predicted octanol–water partition coefficient (Wildman–Crippen LogP) is 0.867. The molecule has 0 bridgehead atoms. The summed E-state index contributed by atoms with van der Waals surface area (Å²) in [7, 11) is 0. The predicted molar refractivity (Wildman–Crippen MR) is 57.2 cm³/mol. The first-order valence-electron chi connectivity index (χ1n) is 5.94. The average molecular weight is 237 g/mol. The van der Waals surface area contributed by atoms with Crippen molar-refractivity contribution in [1.82, 2.24) is 15.0 Å². The molecule has 0 spiro atoms. The summed E-state index contributed by atoms with van der Waals surface area (Å²) in [6.07, 6.45) is 2.02. The molecule has 17 heavy (non-hydrogen) atoms. The molecule has 0 aromatic carbocycles. The van der Waals surface area contributed by atoms with E-state index < -0.39 is 0 Å². The van der Waals surface area contributed by atoms with E-state index in [1.807, 2.05) is 0 Å². The maximum atomic E-state index is 11.3. The molecule has 1 aromatic rings. The molecule has 1 aliphatic heterocycles. The minimum absolute atomic E-state index is 0.0558. The molecule has 1 aliphatic carbocycles. The molecule has 1 saturated heterocycles.